The molecule has 1 fully saturated rings. The number of ether oxygens (including phenoxy) is 1. The number of aryl methyl sites for hydroxylation is 3. The fourth-order valence-electron chi connectivity index (χ4n) is 5.74. The number of benzene rings is 1. The van der Waals surface area contributed by atoms with E-state index in [1.807, 2.05) is 34.7 Å². The van der Waals surface area contributed by atoms with Crippen LogP contribution in [0.25, 0.3) is 10.9 Å². The molecule has 2 aliphatic rings. The van der Waals surface area contributed by atoms with Gasteiger partial charge in [0.2, 0.25) is 0 Å². The molecule has 2 aromatic heterocycles. The van der Waals surface area contributed by atoms with Crippen molar-refractivity contribution < 1.29 is 14.6 Å². The molecule has 1 unspecified atom stereocenters. The van der Waals surface area contributed by atoms with Crippen molar-refractivity contribution in [3.8, 4) is 0 Å². The van der Waals surface area contributed by atoms with Crippen LogP contribution in [0.3, 0.4) is 0 Å². The van der Waals surface area contributed by atoms with E-state index in [2.05, 4.69) is 38.2 Å². The lowest BCUT2D eigenvalue weighted by Crippen LogP contribution is -2.55. The Balaban J connectivity index is 1.10. The van der Waals surface area contributed by atoms with Crippen LogP contribution < -0.4 is 5.32 Å². The number of carboxylic acids is 1. The van der Waals surface area contributed by atoms with Crippen LogP contribution in [-0.2, 0) is 27.9 Å². The van der Waals surface area contributed by atoms with E-state index in [0.717, 1.165) is 72.3 Å². The SMILES string of the molecule is Cc1nn(C(C)(C)C)c2cccc(C(C(=O)O)N3CC(OCCCCCc4ccc5c(n4)NCCC5)C3)c12. The van der Waals surface area contributed by atoms with Gasteiger partial charge in [-0.2, -0.15) is 5.10 Å². The molecule has 4 heterocycles. The molecule has 5 rings (SSSR count). The van der Waals surface area contributed by atoms with Crippen molar-refractivity contribution in [2.45, 2.75) is 83.9 Å². The molecule has 8 nitrogen and oxygen atoms in total. The molecule has 1 atom stereocenters. The number of carboxylic acid groups (broad SMARTS) is 1. The van der Waals surface area contributed by atoms with E-state index in [1.54, 1.807) is 0 Å². The fraction of sp³-hybridized carbons (Fsp3) is 0.567. The third kappa shape index (κ3) is 5.57. The second kappa shape index (κ2) is 11.0. The zero-order valence-electron chi connectivity index (χ0n) is 23.2. The number of hydrogen-bond donors (Lipinski definition) is 2. The van der Waals surface area contributed by atoms with Crippen LogP contribution in [0.15, 0.2) is 30.3 Å². The highest BCUT2D eigenvalue weighted by Gasteiger charge is 2.39. The topological polar surface area (TPSA) is 92.5 Å². The smallest absolute Gasteiger partial charge is 0.325 e. The average molecular weight is 520 g/mol. The van der Waals surface area contributed by atoms with E-state index in [0.29, 0.717) is 19.7 Å². The highest BCUT2D eigenvalue weighted by atomic mass is 16.5. The number of unbranched alkanes of at least 4 members (excludes halogenated alkanes) is 2. The van der Waals surface area contributed by atoms with Crippen LogP contribution in [0.4, 0.5) is 5.82 Å². The number of carbonyl (C=O) groups is 1. The summed E-state index contributed by atoms with van der Waals surface area (Å²) in [5, 5.41) is 19.3. The molecule has 0 amide bonds. The van der Waals surface area contributed by atoms with E-state index in [-0.39, 0.29) is 11.6 Å². The minimum absolute atomic E-state index is 0.0860. The largest absolute Gasteiger partial charge is 0.480 e. The van der Waals surface area contributed by atoms with E-state index in [1.165, 1.54) is 12.0 Å². The van der Waals surface area contributed by atoms with Gasteiger partial charge in [-0.15, -0.1) is 0 Å². The molecule has 2 aliphatic heterocycles. The molecule has 1 saturated heterocycles. The lowest BCUT2D eigenvalue weighted by atomic mass is 9.96. The maximum absolute atomic E-state index is 12.4. The molecule has 0 aliphatic carbocycles. The lowest BCUT2D eigenvalue weighted by molar-refractivity contribution is -0.150. The Morgan fingerprint density at radius 1 is 1.18 bits per heavy atom. The van der Waals surface area contributed by atoms with Crippen molar-refractivity contribution in [3.05, 3.63) is 52.8 Å². The first-order chi connectivity index (χ1) is 18.2. The summed E-state index contributed by atoms with van der Waals surface area (Å²) in [5.41, 5.74) is 4.97. The molecule has 204 valence electrons. The summed E-state index contributed by atoms with van der Waals surface area (Å²) in [6.07, 6.45) is 6.58. The Kier molecular flexibility index (Phi) is 7.73. The van der Waals surface area contributed by atoms with Crippen molar-refractivity contribution in [2.75, 3.05) is 31.6 Å². The number of likely N-dealkylation sites (tertiary alicyclic amines) is 1. The van der Waals surface area contributed by atoms with Gasteiger partial charge in [0.15, 0.2) is 0 Å². The van der Waals surface area contributed by atoms with Gasteiger partial charge in [-0.1, -0.05) is 24.6 Å². The fourth-order valence-corrected chi connectivity index (χ4v) is 5.74. The molecule has 0 radical (unpaired) electrons. The van der Waals surface area contributed by atoms with Gasteiger partial charge in [0.25, 0.3) is 0 Å². The number of nitrogens with one attached hydrogen (secondary N) is 1. The predicted molar refractivity (Wildman–Crippen MR) is 150 cm³/mol. The van der Waals surface area contributed by atoms with Crippen molar-refractivity contribution >= 4 is 22.7 Å². The quantitative estimate of drug-likeness (QED) is 0.360. The minimum atomic E-state index is -0.829. The summed E-state index contributed by atoms with van der Waals surface area (Å²) in [7, 11) is 0. The second-order valence-corrected chi connectivity index (χ2v) is 11.7. The van der Waals surface area contributed by atoms with Gasteiger partial charge in [0.05, 0.1) is 22.9 Å². The summed E-state index contributed by atoms with van der Waals surface area (Å²) in [5.74, 6) is 0.241. The third-order valence-electron chi connectivity index (χ3n) is 7.70. The highest BCUT2D eigenvalue weighted by Crippen LogP contribution is 2.35. The molecular weight excluding hydrogens is 478 g/mol. The lowest BCUT2D eigenvalue weighted by Gasteiger charge is -2.42. The number of nitrogens with zero attached hydrogens (tertiary/aromatic N) is 4. The van der Waals surface area contributed by atoms with Crippen molar-refractivity contribution in [2.24, 2.45) is 0 Å². The van der Waals surface area contributed by atoms with Crippen LogP contribution in [0.1, 0.15) is 75.0 Å². The maximum Gasteiger partial charge on any atom is 0.325 e. The van der Waals surface area contributed by atoms with E-state index in [9.17, 15) is 9.90 Å². The third-order valence-corrected chi connectivity index (χ3v) is 7.70. The number of aliphatic carboxylic acids is 1. The molecule has 0 saturated carbocycles. The van der Waals surface area contributed by atoms with E-state index < -0.39 is 12.0 Å². The first-order valence-electron chi connectivity index (χ1n) is 14.0. The van der Waals surface area contributed by atoms with E-state index >= 15 is 0 Å². The Hall–Kier alpha value is -2.97. The monoisotopic (exact) mass is 519 g/mol. The Labute approximate surface area is 225 Å². The van der Waals surface area contributed by atoms with Crippen molar-refractivity contribution in [3.63, 3.8) is 0 Å². The molecule has 2 N–H and O–H groups in total. The summed E-state index contributed by atoms with van der Waals surface area (Å²) in [6.45, 7) is 11.3. The number of pyridine rings is 1. The van der Waals surface area contributed by atoms with E-state index in [4.69, 9.17) is 14.8 Å². The minimum Gasteiger partial charge on any atom is -0.480 e. The van der Waals surface area contributed by atoms with Gasteiger partial charge in [-0.3, -0.25) is 14.4 Å². The first kappa shape index (κ1) is 26.6. The normalized spacial score (nSPS) is 17.2. The van der Waals surface area contributed by atoms with Gasteiger partial charge in [-0.25, -0.2) is 4.98 Å². The first-order valence-corrected chi connectivity index (χ1v) is 14.0. The Bertz CT molecular complexity index is 1290. The maximum atomic E-state index is 12.4. The van der Waals surface area contributed by atoms with Crippen LogP contribution >= 0.6 is 0 Å². The van der Waals surface area contributed by atoms with Gasteiger partial charge in [0.1, 0.15) is 11.9 Å². The molecule has 3 aromatic rings. The average Bonchev–Trinajstić information content (AvgIpc) is 3.21. The molecular formula is C30H41N5O3. The highest BCUT2D eigenvalue weighted by molar-refractivity contribution is 5.90. The van der Waals surface area contributed by atoms with Crippen LogP contribution in [0, 0.1) is 6.92 Å². The Morgan fingerprint density at radius 3 is 2.76 bits per heavy atom. The number of hydrogen-bond acceptors (Lipinski definition) is 6. The number of rotatable bonds is 10. The number of fused-ring (bicyclic) bond motifs is 2. The van der Waals surface area contributed by atoms with Gasteiger partial charge >= 0.3 is 5.97 Å². The van der Waals surface area contributed by atoms with Crippen LogP contribution in [0.2, 0.25) is 0 Å². The van der Waals surface area contributed by atoms with Crippen molar-refractivity contribution in [1.29, 1.82) is 0 Å². The Morgan fingerprint density at radius 2 is 2.00 bits per heavy atom. The standard InChI is InChI=1S/C30H41N5O3/c1-20-26-24(12-8-13-25(26)35(33-20)30(2,3)4)27(29(36)37)34-18-23(19-34)38-17-7-5-6-11-22-15-14-21-10-9-16-31-28(21)32-22/h8,12-15,23,27H,5-7,9-11,16-19H2,1-4H3,(H,31,32)(H,36,37). The van der Waals surface area contributed by atoms with Crippen molar-refractivity contribution in [1.82, 2.24) is 19.7 Å². The number of anilines is 1. The van der Waals surface area contributed by atoms with Gasteiger partial charge < -0.3 is 15.2 Å². The van der Waals surface area contributed by atoms with Gasteiger partial charge in [0, 0.05) is 37.3 Å². The molecule has 8 heteroatoms. The van der Waals surface area contributed by atoms with Crippen LogP contribution in [-0.4, -0.2) is 63.1 Å². The zero-order chi connectivity index (χ0) is 26.9. The summed E-state index contributed by atoms with van der Waals surface area (Å²) in [6, 6.07) is 9.60. The summed E-state index contributed by atoms with van der Waals surface area (Å²) >= 11 is 0. The second-order valence-electron chi connectivity index (χ2n) is 11.7. The molecule has 0 bridgehead atoms. The zero-order valence-corrected chi connectivity index (χ0v) is 23.2. The molecule has 38 heavy (non-hydrogen) atoms. The number of aromatic nitrogens is 3. The summed E-state index contributed by atoms with van der Waals surface area (Å²) < 4.78 is 8.08. The van der Waals surface area contributed by atoms with Crippen LogP contribution in [0.5, 0.6) is 0 Å². The summed E-state index contributed by atoms with van der Waals surface area (Å²) in [4.78, 5) is 19.2. The van der Waals surface area contributed by atoms with Gasteiger partial charge in [-0.05, 0) is 83.1 Å². The molecule has 0 spiro atoms. The predicted octanol–water partition coefficient (Wildman–Crippen LogP) is 5.09. The molecule has 1 aromatic carbocycles.